The third kappa shape index (κ3) is 3.37. The molecule has 0 aromatic heterocycles. The number of fused-ring (bicyclic) bond motifs is 5. The summed E-state index contributed by atoms with van der Waals surface area (Å²) in [5, 5.41) is 21.8. The molecule has 4 heteroatoms. The SMILES string of the molecule is COC(=O)CC[C@@H](C)[C@H]1CCC2[C@@H]3CC[C@H]4C[C@H](O)CC[C@]4(C)C3C[C@H](O)[C@@]21C. The van der Waals surface area contributed by atoms with Crippen molar-refractivity contribution in [3.63, 3.8) is 0 Å². The number of rotatable bonds is 4. The molecule has 0 aromatic carbocycles. The molecule has 0 heterocycles. The zero-order valence-corrected chi connectivity index (χ0v) is 18.9. The lowest BCUT2D eigenvalue weighted by atomic mass is 9.43. The second kappa shape index (κ2) is 7.82. The van der Waals surface area contributed by atoms with Crippen LogP contribution in [0.25, 0.3) is 0 Å². The molecule has 0 saturated heterocycles. The van der Waals surface area contributed by atoms with E-state index in [0.29, 0.717) is 41.4 Å². The Labute approximate surface area is 176 Å². The highest BCUT2D eigenvalue weighted by molar-refractivity contribution is 5.69. The van der Waals surface area contributed by atoms with Crippen LogP contribution in [0.3, 0.4) is 0 Å². The van der Waals surface area contributed by atoms with Gasteiger partial charge in [0.2, 0.25) is 0 Å². The average molecular weight is 407 g/mol. The Morgan fingerprint density at radius 2 is 1.83 bits per heavy atom. The molecule has 4 rings (SSSR count). The molecule has 2 N–H and O–H groups in total. The van der Waals surface area contributed by atoms with Crippen LogP contribution >= 0.6 is 0 Å². The number of hydrogen-bond acceptors (Lipinski definition) is 4. The van der Waals surface area contributed by atoms with E-state index < -0.39 is 0 Å². The standard InChI is InChI=1S/C25H42O4/c1-15(5-10-23(28)29-4)19-8-9-20-18-7-6-16-13-17(26)11-12-24(16,2)21(18)14-22(27)25(19,20)3/h15-22,26-27H,5-14H2,1-4H3/t15-,16+,17-,18+,19-,20?,21?,22+,24+,25-/m1/s1. The summed E-state index contributed by atoms with van der Waals surface area (Å²) in [6, 6.07) is 0. The second-order valence-corrected chi connectivity index (χ2v) is 11.5. The van der Waals surface area contributed by atoms with Crippen LogP contribution in [0.4, 0.5) is 0 Å². The maximum atomic E-state index is 11.6. The molecule has 0 aliphatic heterocycles. The van der Waals surface area contributed by atoms with Gasteiger partial charge in [0.25, 0.3) is 0 Å². The van der Waals surface area contributed by atoms with E-state index in [1.807, 2.05) is 0 Å². The predicted octanol–water partition coefficient (Wildman–Crippen LogP) is 4.57. The zero-order valence-electron chi connectivity index (χ0n) is 18.9. The van der Waals surface area contributed by atoms with E-state index in [1.54, 1.807) is 0 Å². The number of aliphatic hydroxyl groups is 2. The molecule has 10 atom stereocenters. The molecule has 4 nitrogen and oxygen atoms in total. The minimum absolute atomic E-state index is 0.0198. The van der Waals surface area contributed by atoms with Crippen molar-refractivity contribution < 1.29 is 19.7 Å². The number of aliphatic hydroxyl groups excluding tert-OH is 2. The van der Waals surface area contributed by atoms with Crippen LogP contribution in [0, 0.1) is 46.3 Å². The Balaban J connectivity index is 1.53. The Kier molecular flexibility index (Phi) is 5.83. The summed E-state index contributed by atoms with van der Waals surface area (Å²) < 4.78 is 4.85. The van der Waals surface area contributed by atoms with Gasteiger partial charge in [-0.2, -0.15) is 0 Å². The topological polar surface area (TPSA) is 66.8 Å². The predicted molar refractivity (Wildman–Crippen MR) is 113 cm³/mol. The number of carbonyl (C=O) groups excluding carboxylic acids is 1. The summed E-state index contributed by atoms with van der Waals surface area (Å²) in [4.78, 5) is 11.6. The van der Waals surface area contributed by atoms with E-state index in [4.69, 9.17) is 4.74 Å². The monoisotopic (exact) mass is 406 g/mol. The highest BCUT2D eigenvalue weighted by atomic mass is 16.5. The fraction of sp³-hybridized carbons (Fsp3) is 0.960. The van der Waals surface area contributed by atoms with Crippen molar-refractivity contribution in [1.29, 1.82) is 0 Å². The van der Waals surface area contributed by atoms with Crippen LogP contribution in [-0.4, -0.2) is 35.5 Å². The molecule has 4 aliphatic carbocycles. The normalized spacial score (nSPS) is 50.2. The van der Waals surface area contributed by atoms with Crippen molar-refractivity contribution in [3.05, 3.63) is 0 Å². The van der Waals surface area contributed by atoms with Crippen molar-refractivity contribution in [2.24, 2.45) is 46.3 Å². The molecule has 0 aromatic rings. The van der Waals surface area contributed by atoms with Gasteiger partial charge < -0.3 is 14.9 Å². The summed E-state index contributed by atoms with van der Waals surface area (Å²) in [6.07, 6.45) is 9.86. The highest BCUT2D eigenvalue weighted by Gasteiger charge is 2.63. The van der Waals surface area contributed by atoms with Crippen LogP contribution < -0.4 is 0 Å². The van der Waals surface area contributed by atoms with Crippen LogP contribution in [0.1, 0.15) is 85.0 Å². The summed E-state index contributed by atoms with van der Waals surface area (Å²) in [6.45, 7) is 7.12. The van der Waals surface area contributed by atoms with Crippen LogP contribution in [0.5, 0.6) is 0 Å². The fourth-order valence-corrected chi connectivity index (χ4v) is 8.81. The molecule has 4 saturated carbocycles. The van der Waals surface area contributed by atoms with Gasteiger partial charge in [0.05, 0.1) is 19.3 Å². The first kappa shape index (κ1) is 21.6. The first-order valence-electron chi connectivity index (χ1n) is 12.1. The fourth-order valence-electron chi connectivity index (χ4n) is 8.81. The number of methoxy groups -OCH3 is 1. The van der Waals surface area contributed by atoms with Crippen LogP contribution in [0.15, 0.2) is 0 Å². The van der Waals surface area contributed by atoms with Gasteiger partial charge in [0.1, 0.15) is 0 Å². The average Bonchev–Trinajstić information content (AvgIpc) is 3.06. The van der Waals surface area contributed by atoms with E-state index >= 15 is 0 Å². The van der Waals surface area contributed by atoms with Gasteiger partial charge in [-0.05, 0) is 104 Å². The first-order valence-corrected chi connectivity index (χ1v) is 12.1. The Morgan fingerprint density at radius 3 is 2.55 bits per heavy atom. The van der Waals surface area contributed by atoms with Crippen molar-refractivity contribution in [2.45, 2.75) is 97.2 Å². The third-order valence-corrected chi connectivity index (χ3v) is 10.5. The molecule has 0 bridgehead atoms. The quantitative estimate of drug-likeness (QED) is 0.671. The first-order chi connectivity index (χ1) is 13.7. The van der Waals surface area contributed by atoms with Crippen molar-refractivity contribution in [2.75, 3.05) is 7.11 Å². The van der Waals surface area contributed by atoms with Gasteiger partial charge in [-0.25, -0.2) is 0 Å². The minimum atomic E-state index is -0.246. The lowest BCUT2D eigenvalue weighted by Gasteiger charge is -2.62. The lowest BCUT2D eigenvalue weighted by molar-refractivity contribution is -0.175. The molecule has 0 amide bonds. The van der Waals surface area contributed by atoms with Gasteiger partial charge in [-0.15, -0.1) is 0 Å². The largest absolute Gasteiger partial charge is 0.469 e. The van der Waals surface area contributed by atoms with Crippen LogP contribution in [-0.2, 0) is 9.53 Å². The van der Waals surface area contributed by atoms with Crippen molar-refractivity contribution >= 4 is 5.97 Å². The van der Waals surface area contributed by atoms with E-state index in [2.05, 4.69) is 20.8 Å². The third-order valence-electron chi connectivity index (χ3n) is 10.5. The van der Waals surface area contributed by atoms with Gasteiger partial charge in [-0.3, -0.25) is 4.79 Å². The Morgan fingerprint density at radius 1 is 1.07 bits per heavy atom. The van der Waals surface area contributed by atoms with Crippen molar-refractivity contribution in [3.8, 4) is 0 Å². The molecule has 2 unspecified atom stereocenters. The molecule has 4 fully saturated rings. The lowest BCUT2D eigenvalue weighted by Crippen LogP contribution is -2.58. The smallest absolute Gasteiger partial charge is 0.305 e. The zero-order chi connectivity index (χ0) is 21.0. The molecule has 0 radical (unpaired) electrons. The second-order valence-electron chi connectivity index (χ2n) is 11.5. The molecule has 0 spiro atoms. The van der Waals surface area contributed by atoms with Gasteiger partial charge >= 0.3 is 5.97 Å². The molecular formula is C25H42O4. The van der Waals surface area contributed by atoms with E-state index in [1.165, 1.54) is 32.8 Å². The van der Waals surface area contributed by atoms with E-state index in [9.17, 15) is 15.0 Å². The maximum absolute atomic E-state index is 11.6. The maximum Gasteiger partial charge on any atom is 0.305 e. The number of ether oxygens (including phenoxy) is 1. The molecule has 29 heavy (non-hydrogen) atoms. The van der Waals surface area contributed by atoms with Crippen LogP contribution in [0.2, 0.25) is 0 Å². The number of esters is 1. The Hall–Kier alpha value is -0.610. The summed E-state index contributed by atoms with van der Waals surface area (Å²) in [7, 11) is 1.46. The summed E-state index contributed by atoms with van der Waals surface area (Å²) in [5.74, 6) is 3.36. The molecular weight excluding hydrogens is 364 g/mol. The number of hydrogen-bond donors (Lipinski definition) is 2. The summed E-state index contributed by atoms with van der Waals surface area (Å²) >= 11 is 0. The van der Waals surface area contributed by atoms with Gasteiger partial charge in [-0.1, -0.05) is 20.8 Å². The van der Waals surface area contributed by atoms with E-state index in [0.717, 1.165) is 38.0 Å². The molecule has 166 valence electrons. The van der Waals surface area contributed by atoms with E-state index in [-0.39, 0.29) is 23.6 Å². The van der Waals surface area contributed by atoms with Gasteiger partial charge in [0.15, 0.2) is 0 Å². The highest BCUT2D eigenvalue weighted by Crippen LogP contribution is 2.68. The molecule has 4 aliphatic rings. The van der Waals surface area contributed by atoms with Crippen molar-refractivity contribution in [1.82, 2.24) is 0 Å². The van der Waals surface area contributed by atoms with Gasteiger partial charge in [0, 0.05) is 6.42 Å². The number of carbonyl (C=O) groups is 1. The minimum Gasteiger partial charge on any atom is -0.469 e. The Bertz CT molecular complexity index is 620. The summed E-state index contributed by atoms with van der Waals surface area (Å²) in [5.41, 5.74) is 0.271.